The van der Waals surface area contributed by atoms with Gasteiger partial charge in [-0.3, -0.25) is 14.6 Å². The molecule has 0 unspecified atom stereocenters. The van der Waals surface area contributed by atoms with Gasteiger partial charge in [0.15, 0.2) is 0 Å². The molecule has 0 saturated heterocycles. The molecule has 2 aliphatic rings. The normalized spacial score (nSPS) is 17.3. The number of carbonyl (C=O) groups is 2. The Hall–Kier alpha value is -2.18. The Bertz CT molecular complexity index is 1110. The van der Waals surface area contributed by atoms with E-state index in [2.05, 4.69) is 4.99 Å². The second kappa shape index (κ2) is 8.06. The van der Waals surface area contributed by atoms with Crippen LogP contribution in [0.1, 0.15) is 29.4 Å². The average Bonchev–Trinajstić information content (AvgIpc) is 3.21. The summed E-state index contributed by atoms with van der Waals surface area (Å²) in [5.41, 5.74) is 0.890. The monoisotopic (exact) mass is 499 g/mol. The minimum absolute atomic E-state index is 0.177. The van der Waals surface area contributed by atoms with Crippen molar-refractivity contribution in [3.05, 3.63) is 50.2 Å². The van der Waals surface area contributed by atoms with E-state index in [4.69, 9.17) is 16.7 Å². The zero-order valence-electron chi connectivity index (χ0n) is 15.3. The van der Waals surface area contributed by atoms with E-state index in [1.54, 1.807) is 6.92 Å². The SMILES string of the molecule is CC1=C(CC(=O)O)C2=C(Cl)C(O)=C(C(=O)c3ccc(SC(F)(F)C(F)(F)F)s3)CC2=N1. The van der Waals surface area contributed by atoms with E-state index < -0.39 is 51.3 Å². The summed E-state index contributed by atoms with van der Waals surface area (Å²) >= 11 is 5.85. The first-order valence-electron chi connectivity index (χ1n) is 8.33. The van der Waals surface area contributed by atoms with Crippen molar-refractivity contribution in [2.24, 2.45) is 4.99 Å². The van der Waals surface area contributed by atoms with Gasteiger partial charge in [0.2, 0.25) is 5.78 Å². The Morgan fingerprint density at radius 2 is 1.90 bits per heavy atom. The molecule has 31 heavy (non-hydrogen) atoms. The second-order valence-corrected chi connectivity index (χ2v) is 9.33. The summed E-state index contributed by atoms with van der Waals surface area (Å²) < 4.78 is 63.2. The van der Waals surface area contributed by atoms with E-state index in [-0.39, 0.29) is 38.8 Å². The van der Waals surface area contributed by atoms with Crippen molar-refractivity contribution in [3.63, 3.8) is 0 Å². The molecule has 0 radical (unpaired) electrons. The van der Waals surface area contributed by atoms with Crippen LogP contribution >= 0.6 is 34.7 Å². The number of fused-ring (bicyclic) bond motifs is 1. The van der Waals surface area contributed by atoms with E-state index in [0.29, 0.717) is 17.0 Å². The van der Waals surface area contributed by atoms with Gasteiger partial charge in [0.05, 0.1) is 31.8 Å². The van der Waals surface area contributed by atoms with E-state index in [0.717, 1.165) is 12.1 Å². The molecule has 1 aromatic heterocycles. The standard InChI is InChI=1S/C18H11ClF5NO4S2/c1-6-7(5-11(26)27)13-9(25-6)4-8(16(29)14(13)19)15(28)10-2-3-12(30-10)31-18(23,24)17(20,21)22/h2-3,29H,4-5H2,1H3,(H,26,27). The molecule has 2 heterocycles. The lowest BCUT2D eigenvalue weighted by Gasteiger charge is -2.19. The molecule has 0 amide bonds. The lowest BCUT2D eigenvalue weighted by Crippen LogP contribution is -2.32. The fourth-order valence-electron chi connectivity index (χ4n) is 2.96. The smallest absolute Gasteiger partial charge is 0.464 e. The van der Waals surface area contributed by atoms with Crippen LogP contribution < -0.4 is 0 Å². The molecule has 0 spiro atoms. The third kappa shape index (κ3) is 4.41. The van der Waals surface area contributed by atoms with Crippen LogP contribution in [-0.2, 0) is 4.79 Å². The summed E-state index contributed by atoms with van der Waals surface area (Å²) in [4.78, 5) is 27.9. The second-order valence-electron chi connectivity index (χ2n) is 6.45. The van der Waals surface area contributed by atoms with Gasteiger partial charge in [-0.05, 0) is 36.4 Å². The summed E-state index contributed by atoms with van der Waals surface area (Å²) in [5.74, 6) is -2.58. The number of aliphatic hydroxyl groups excluding tert-OH is 1. The fourth-order valence-corrected chi connectivity index (χ4v) is 5.25. The molecule has 0 aromatic carbocycles. The number of carboxylic acid groups (broad SMARTS) is 1. The Balaban J connectivity index is 1.90. The van der Waals surface area contributed by atoms with Crippen LogP contribution in [0.5, 0.6) is 0 Å². The van der Waals surface area contributed by atoms with Gasteiger partial charge < -0.3 is 10.2 Å². The van der Waals surface area contributed by atoms with E-state index in [1.165, 1.54) is 0 Å². The van der Waals surface area contributed by atoms with E-state index in [1.807, 2.05) is 0 Å². The molecule has 13 heteroatoms. The van der Waals surface area contributed by atoms with Crippen molar-refractivity contribution in [2.75, 3.05) is 0 Å². The number of hydrogen-bond donors (Lipinski definition) is 2. The number of rotatable bonds is 6. The van der Waals surface area contributed by atoms with Crippen LogP contribution in [-0.4, -0.2) is 39.1 Å². The lowest BCUT2D eigenvalue weighted by atomic mass is 9.88. The van der Waals surface area contributed by atoms with Crippen LogP contribution in [0.25, 0.3) is 0 Å². The van der Waals surface area contributed by atoms with Crippen LogP contribution in [0.4, 0.5) is 22.0 Å². The van der Waals surface area contributed by atoms with Crippen molar-refractivity contribution >= 4 is 52.2 Å². The number of carboxylic acids is 1. The maximum absolute atomic E-state index is 13.2. The number of ketones is 1. The molecule has 2 N–H and O–H groups in total. The highest BCUT2D eigenvalue weighted by Crippen LogP contribution is 2.49. The summed E-state index contributed by atoms with van der Waals surface area (Å²) in [7, 11) is 0. The maximum atomic E-state index is 13.2. The quantitative estimate of drug-likeness (QED) is 0.281. The molecule has 5 nitrogen and oxygen atoms in total. The number of allylic oxidation sites excluding steroid dienone is 4. The van der Waals surface area contributed by atoms with Crippen molar-refractivity contribution < 1.29 is 41.8 Å². The van der Waals surface area contributed by atoms with Crippen molar-refractivity contribution in [3.8, 4) is 0 Å². The van der Waals surface area contributed by atoms with Gasteiger partial charge >= 0.3 is 17.4 Å². The molecular weight excluding hydrogens is 489 g/mol. The highest BCUT2D eigenvalue weighted by atomic mass is 35.5. The number of nitrogens with zero attached hydrogens (tertiary/aromatic N) is 1. The molecule has 1 aromatic rings. The first-order valence-corrected chi connectivity index (χ1v) is 10.3. The topological polar surface area (TPSA) is 87.0 Å². The Kier molecular flexibility index (Phi) is 6.11. The first kappa shape index (κ1) is 23.5. The number of aliphatic hydroxyl groups is 1. The predicted octanol–water partition coefficient (Wildman–Crippen LogP) is 6.09. The van der Waals surface area contributed by atoms with Gasteiger partial charge in [-0.2, -0.15) is 22.0 Å². The van der Waals surface area contributed by atoms with E-state index in [9.17, 15) is 36.6 Å². The van der Waals surface area contributed by atoms with Gasteiger partial charge in [0.25, 0.3) is 0 Å². The zero-order valence-corrected chi connectivity index (χ0v) is 17.7. The molecule has 1 aliphatic heterocycles. The molecule has 0 fully saturated rings. The molecule has 0 atom stereocenters. The zero-order chi connectivity index (χ0) is 23.3. The number of aliphatic imine (C=N–C) groups is 1. The third-order valence-electron chi connectivity index (χ3n) is 4.35. The average molecular weight is 500 g/mol. The molecular formula is C18H11ClF5NO4S2. The highest BCUT2D eigenvalue weighted by Gasteiger charge is 2.58. The first-order chi connectivity index (χ1) is 14.2. The lowest BCUT2D eigenvalue weighted by molar-refractivity contribution is -0.237. The van der Waals surface area contributed by atoms with Crippen molar-refractivity contribution in [2.45, 2.75) is 35.4 Å². The number of Topliss-reactive ketones (excluding diaryl/α,β-unsaturated/α-hetero) is 1. The van der Waals surface area contributed by atoms with Gasteiger partial charge in [0.1, 0.15) is 5.76 Å². The minimum atomic E-state index is -5.76. The van der Waals surface area contributed by atoms with Crippen LogP contribution in [0.3, 0.4) is 0 Å². The number of carbonyl (C=O) groups excluding carboxylic acids is 1. The number of halogens is 6. The van der Waals surface area contributed by atoms with Gasteiger partial charge in [0, 0.05) is 17.7 Å². The molecule has 0 saturated carbocycles. The molecule has 0 bridgehead atoms. The fraction of sp³-hybridized carbons (Fsp3) is 0.278. The van der Waals surface area contributed by atoms with Gasteiger partial charge in [-0.15, -0.1) is 11.3 Å². The minimum Gasteiger partial charge on any atom is -0.506 e. The Morgan fingerprint density at radius 3 is 2.48 bits per heavy atom. The number of aliphatic carboxylic acids is 1. The van der Waals surface area contributed by atoms with Gasteiger partial charge in [-0.25, -0.2) is 0 Å². The number of alkyl halides is 5. The Morgan fingerprint density at radius 1 is 1.26 bits per heavy atom. The number of thioether (sulfide) groups is 1. The Labute approximate surface area is 184 Å². The van der Waals surface area contributed by atoms with E-state index >= 15 is 0 Å². The summed E-state index contributed by atoms with van der Waals surface area (Å²) in [6.07, 6.45) is -6.38. The number of thiophene rings is 1. The van der Waals surface area contributed by atoms with Crippen LogP contribution in [0.2, 0.25) is 0 Å². The maximum Gasteiger partial charge on any atom is 0.464 e. The van der Waals surface area contributed by atoms with Crippen LogP contribution in [0.15, 0.2) is 54.5 Å². The highest BCUT2D eigenvalue weighted by molar-refractivity contribution is 8.02. The summed E-state index contributed by atoms with van der Waals surface area (Å²) in [6, 6.07) is 2.03. The predicted molar refractivity (Wildman–Crippen MR) is 105 cm³/mol. The summed E-state index contributed by atoms with van der Waals surface area (Å²) in [6.45, 7) is 1.54. The largest absolute Gasteiger partial charge is 0.506 e. The molecule has 1 aliphatic carbocycles. The van der Waals surface area contributed by atoms with Crippen LogP contribution in [0, 0.1) is 0 Å². The third-order valence-corrected chi connectivity index (χ3v) is 6.92. The number of hydrogen-bond acceptors (Lipinski definition) is 6. The molecule has 3 rings (SSSR count). The van der Waals surface area contributed by atoms with Crippen molar-refractivity contribution in [1.29, 1.82) is 0 Å². The molecule has 166 valence electrons. The van der Waals surface area contributed by atoms with Crippen molar-refractivity contribution in [1.82, 2.24) is 0 Å². The summed E-state index contributed by atoms with van der Waals surface area (Å²) in [5, 5.41) is 14.2. The van der Waals surface area contributed by atoms with Gasteiger partial charge in [-0.1, -0.05) is 11.6 Å².